The van der Waals surface area contributed by atoms with E-state index in [1.165, 1.54) is 0 Å². The summed E-state index contributed by atoms with van der Waals surface area (Å²) in [5, 5.41) is 0.620. The van der Waals surface area contributed by atoms with E-state index in [9.17, 15) is 4.79 Å². The van der Waals surface area contributed by atoms with Crippen LogP contribution in [0.4, 0.5) is 0 Å². The molecule has 0 aliphatic rings. The molecule has 0 saturated carbocycles. The largest absolute Gasteiger partial charge is 0.309 e. The SMILES string of the molecule is CCN(CCCN(C)C)CCC(=O)c1cccc(Cl)c1. The molecule has 20 heavy (non-hydrogen) atoms. The maximum atomic E-state index is 12.1. The Bertz CT molecular complexity index is 421. The molecule has 0 N–H and O–H groups in total. The lowest BCUT2D eigenvalue weighted by molar-refractivity contribution is 0.0964. The van der Waals surface area contributed by atoms with Crippen LogP contribution in [0.2, 0.25) is 5.02 Å². The fourth-order valence-corrected chi connectivity index (χ4v) is 2.29. The van der Waals surface area contributed by atoms with Gasteiger partial charge in [0.05, 0.1) is 0 Å². The third-order valence-electron chi connectivity index (χ3n) is 3.33. The maximum absolute atomic E-state index is 12.1. The zero-order valence-corrected chi connectivity index (χ0v) is 13.5. The van der Waals surface area contributed by atoms with Gasteiger partial charge < -0.3 is 9.80 Å². The fraction of sp³-hybridized carbons (Fsp3) is 0.562. The lowest BCUT2D eigenvalue weighted by Crippen LogP contribution is -2.29. The van der Waals surface area contributed by atoms with Gasteiger partial charge in [-0.3, -0.25) is 4.79 Å². The van der Waals surface area contributed by atoms with E-state index in [0.717, 1.165) is 32.6 Å². The van der Waals surface area contributed by atoms with Crippen molar-refractivity contribution in [3.63, 3.8) is 0 Å². The molecule has 0 fully saturated rings. The molecule has 0 spiro atoms. The van der Waals surface area contributed by atoms with Gasteiger partial charge in [0.15, 0.2) is 5.78 Å². The van der Waals surface area contributed by atoms with Crippen LogP contribution < -0.4 is 0 Å². The highest BCUT2D eigenvalue weighted by Gasteiger charge is 2.09. The summed E-state index contributed by atoms with van der Waals surface area (Å²) in [7, 11) is 4.16. The van der Waals surface area contributed by atoms with Gasteiger partial charge in [-0.05, 0) is 52.3 Å². The zero-order valence-electron chi connectivity index (χ0n) is 12.7. The molecule has 0 aliphatic carbocycles. The molecular formula is C16H25ClN2O. The Morgan fingerprint density at radius 2 is 1.95 bits per heavy atom. The Hall–Kier alpha value is -0.900. The predicted octanol–water partition coefficient (Wildman–Crippen LogP) is 3.19. The van der Waals surface area contributed by atoms with Crippen LogP contribution >= 0.6 is 11.6 Å². The number of nitrogens with zero attached hydrogens (tertiary/aromatic N) is 2. The van der Waals surface area contributed by atoms with Gasteiger partial charge in [0, 0.05) is 23.6 Å². The van der Waals surface area contributed by atoms with E-state index in [-0.39, 0.29) is 5.78 Å². The van der Waals surface area contributed by atoms with Crippen molar-refractivity contribution in [2.45, 2.75) is 19.8 Å². The second kappa shape index (κ2) is 9.11. The molecule has 0 unspecified atom stereocenters. The van der Waals surface area contributed by atoms with Crippen LogP contribution in [-0.4, -0.2) is 55.9 Å². The molecule has 112 valence electrons. The number of Topliss-reactive ketones (excluding diaryl/α,β-unsaturated/α-hetero) is 1. The number of carbonyl (C=O) groups excluding carboxylic acids is 1. The highest BCUT2D eigenvalue weighted by atomic mass is 35.5. The summed E-state index contributed by atoms with van der Waals surface area (Å²) in [5.41, 5.74) is 0.710. The van der Waals surface area contributed by atoms with E-state index in [4.69, 9.17) is 11.6 Å². The van der Waals surface area contributed by atoms with E-state index in [1.807, 2.05) is 12.1 Å². The first-order valence-corrected chi connectivity index (χ1v) is 7.56. The number of ketones is 1. The first-order valence-electron chi connectivity index (χ1n) is 7.18. The summed E-state index contributed by atoms with van der Waals surface area (Å²) in [6, 6.07) is 7.19. The Kier molecular flexibility index (Phi) is 7.82. The predicted molar refractivity (Wildman–Crippen MR) is 85.7 cm³/mol. The summed E-state index contributed by atoms with van der Waals surface area (Å²) in [6.07, 6.45) is 1.68. The van der Waals surface area contributed by atoms with Gasteiger partial charge in [0.25, 0.3) is 0 Å². The average molecular weight is 297 g/mol. The number of hydrogen-bond acceptors (Lipinski definition) is 3. The van der Waals surface area contributed by atoms with Gasteiger partial charge in [-0.15, -0.1) is 0 Å². The molecule has 0 heterocycles. The van der Waals surface area contributed by atoms with Crippen LogP contribution in [0.15, 0.2) is 24.3 Å². The minimum absolute atomic E-state index is 0.165. The third-order valence-corrected chi connectivity index (χ3v) is 3.56. The van der Waals surface area contributed by atoms with Crippen molar-refractivity contribution >= 4 is 17.4 Å². The fourth-order valence-electron chi connectivity index (χ4n) is 2.10. The highest BCUT2D eigenvalue weighted by molar-refractivity contribution is 6.31. The van der Waals surface area contributed by atoms with Crippen LogP contribution in [0.5, 0.6) is 0 Å². The monoisotopic (exact) mass is 296 g/mol. The van der Waals surface area contributed by atoms with Gasteiger partial charge in [0.1, 0.15) is 0 Å². The lowest BCUT2D eigenvalue weighted by Gasteiger charge is -2.21. The van der Waals surface area contributed by atoms with E-state index < -0.39 is 0 Å². The Morgan fingerprint density at radius 3 is 2.55 bits per heavy atom. The Morgan fingerprint density at radius 1 is 1.20 bits per heavy atom. The second-order valence-electron chi connectivity index (χ2n) is 5.27. The first kappa shape index (κ1) is 17.2. The minimum atomic E-state index is 0.165. The molecule has 0 aliphatic heterocycles. The van der Waals surface area contributed by atoms with Crippen LogP contribution in [0.1, 0.15) is 30.1 Å². The van der Waals surface area contributed by atoms with Crippen molar-refractivity contribution in [2.24, 2.45) is 0 Å². The van der Waals surface area contributed by atoms with Crippen molar-refractivity contribution < 1.29 is 4.79 Å². The smallest absolute Gasteiger partial charge is 0.164 e. The molecule has 0 saturated heterocycles. The molecule has 0 radical (unpaired) electrons. The first-order chi connectivity index (χ1) is 9.52. The Labute approximate surface area is 127 Å². The van der Waals surface area contributed by atoms with Crippen LogP contribution in [0, 0.1) is 0 Å². The molecule has 1 aromatic carbocycles. The zero-order chi connectivity index (χ0) is 15.0. The molecule has 1 rings (SSSR count). The summed E-state index contributed by atoms with van der Waals surface area (Å²) >= 11 is 5.91. The molecule has 4 heteroatoms. The average Bonchev–Trinajstić information content (AvgIpc) is 2.41. The third kappa shape index (κ3) is 6.51. The number of hydrogen-bond donors (Lipinski definition) is 0. The quantitative estimate of drug-likeness (QED) is 0.654. The second-order valence-corrected chi connectivity index (χ2v) is 5.71. The van der Waals surface area contributed by atoms with Gasteiger partial charge in [-0.25, -0.2) is 0 Å². The summed E-state index contributed by atoms with van der Waals surface area (Å²) < 4.78 is 0. The molecule has 3 nitrogen and oxygen atoms in total. The molecule has 0 amide bonds. The maximum Gasteiger partial charge on any atom is 0.164 e. The molecule has 0 atom stereocenters. The summed E-state index contributed by atoms with van der Waals surface area (Å²) in [5.74, 6) is 0.165. The minimum Gasteiger partial charge on any atom is -0.309 e. The van der Waals surface area contributed by atoms with Crippen LogP contribution in [-0.2, 0) is 0 Å². The van der Waals surface area contributed by atoms with Gasteiger partial charge in [0.2, 0.25) is 0 Å². The van der Waals surface area contributed by atoms with E-state index in [2.05, 4.69) is 30.8 Å². The van der Waals surface area contributed by atoms with Crippen LogP contribution in [0.3, 0.4) is 0 Å². The number of benzene rings is 1. The number of rotatable bonds is 9. The Balaban J connectivity index is 2.38. The molecule has 1 aromatic rings. The lowest BCUT2D eigenvalue weighted by atomic mass is 10.1. The van der Waals surface area contributed by atoms with Crippen molar-refractivity contribution in [2.75, 3.05) is 40.3 Å². The summed E-state index contributed by atoms with van der Waals surface area (Å²) in [4.78, 5) is 16.6. The van der Waals surface area contributed by atoms with Crippen molar-refractivity contribution in [1.82, 2.24) is 9.80 Å². The number of carbonyl (C=O) groups is 1. The summed E-state index contributed by atoms with van der Waals surface area (Å²) in [6.45, 7) is 6.06. The molecule has 0 bridgehead atoms. The molecule has 0 aromatic heterocycles. The molecular weight excluding hydrogens is 272 g/mol. The van der Waals surface area contributed by atoms with Crippen molar-refractivity contribution in [3.8, 4) is 0 Å². The number of halogens is 1. The van der Waals surface area contributed by atoms with Gasteiger partial charge in [-0.1, -0.05) is 30.7 Å². The van der Waals surface area contributed by atoms with E-state index >= 15 is 0 Å². The van der Waals surface area contributed by atoms with Crippen molar-refractivity contribution in [3.05, 3.63) is 34.9 Å². The van der Waals surface area contributed by atoms with Crippen LogP contribution in [0.25, 0.3) is 0 Å². The topological polar surface area (TPSA) is 23.6 Å². The standard InChI is InChI=1S/C16H25ClN2O/c1-4-19(11-6-10-18(2)3)12-9-16(20)14-7-5-8-15(17)13-14/h5,7-8,13H,4,6,9-12H2,1-3H3. The van der Waals surface area contributed by atoms with Gasteiger partial charge >= 0.3 is 0 Å². The highest BCUT2D eigenvalue weighted by Crippen LogP contribution is 2.12. The van der Waals surface area contributed by atoms with E-state index in [1.54, 1.807) is 12.1 Å². The van der Waals surface area contributed by atoms with Gasteiger partial charge in [-0.2, -0.15) is 0 Å². The normalized spacial score (nSPS) is 11.3. The van der Waals surface area contributed by atoms with Crippen molar-refractivity contribution in [1.29, 1.82) is 0 Å². The van der Waals surface area contributed by atoms with E-state index in [0.29, 0.717) is 17.0 Å².